The third-order valence-corrected chi connectivity index (χ3v) is 13.7. The molecule has 6 nitrogen and oxygen atoms in total. The predicted molar refractivity (Wildman–Crippen MR) is 339 cm³/mol. The van der Waals surface area contributed by atoms with Gasteiger partial charge in [0.15, 0.2) is 6.10 Å². The van der Waals surface area contributed by atoms with Gasteiger partial charge < -0.3 is 14.2 Å². The van der Waals surface area contributed by atoms with E-state index < -0.39 is 6.10 Å². The Morgan fingerprint density at radius 3 is 0.782 bits per heavy atom. The van der Waals surface area contributed by atoms with E-state index in [1.54, 1.807) is 0 Å². The largest absolute Gasteiger partial charge is 0.462 e. The van der Waals surface area contributed by atoms with Crippen molar-refractivity contribution in [1.29, 1.82) is 0 Å². The van der Waals surface area contributed by atoms with Crippen molar-refractivity contribution >= 4 is 17.9 Å². The second kappa shape index (κ2) is 65.3. The minimum Gasteiger partial charge on any atom is -0.462 e. The Morgan fingerprint density at radius 2 is 0.500 bits per heavy atom. The van der Waals surface area contributed by atoms with Crippen LogP contribution in [0.1, 0.15) is 297 Å². The van der Waals surface area contributed by atoms with Crippen LogP contribution in [0.5, 0.6) is 0 Å². The van der Waals surface area contributed by atoms with Gasteiger partial charge in [-0.05, 0) is 96.3 Å². The number of ether oxygens (including phenoxy) is 3. The van der Waals surface area contributed by atoms with Crippen LogP contribution in [-0.4, -0.2) is 37.2 Å². The summed E-state index contributed by atoms with van der Waals surface area (Å²) in [7, 11) is 0. The van der Waals surface area contributed by atoms with E-state index in [1.807, 2.05) is 0 Å². The van der Waals surface area contributed by atoms with Crippen molar-refractivity contribution in [3.63, 3.8) is 0 Å². The minimum absolute atomic E-state index is 0.0839. The fourth-order valence-electron chi connectivity index (χ4n) is 8.88. The fraction of sp³-hybridized carbons (Fsp3) is 0.681. The lowest BCUT2D eigenvalue weighted by molar-refractivity contribution is -0.167. The van der Waals surface area contributed by atoms with Crippen LogP contribution in [0.15, 0.2) is 122 Å². The van der Waals surface area contributed by atoms with Crippen LogP contribution >= 0.6 is 0 Å². The van der Waals surface area contributed by atoms with Gasteiger partial charge in [0.2, 0.25) is 0 Å². The molecule has 0 aromatic rings. The van der Waals surface area contributed by atoms with Crippen LogP contribution in [0.4, 0.5) is 0 Å². The van der Waals surface area contributed by atoms with Crippen LogP contribution < -0.4 is 0 Å². The van der Waals surface area contributed by atoms with Crippen LogP contribution in [0, 0.1) is 0 Å². The van der Waals surface area contributed by atoms with Gasteiger partial charge in [0.05, 0.1) is 0 Å². The number of hydrogen-bond donors (Lipinski definition) is 0. The molecule has 6 heteroatoms. The summed E-state index contributed by atoms with van der Waals surface area (Å²) in [4.78, 5) is 38.1. The highest BCUT2D eigenvalue weighted by molar-refractivity contribution is 5.71. The summed E-state index contributed by atoms with van der Waals surface area (Å²) < 4.78 is 16.8. The number of carbonyl (C=O) groups is 3. The molecule has 0 radical (unpaired) electrons. The van der Waals surface area contributed by atoms with Gasteiger partial charge in [-0.25, -0.2) is 0 Å². The Morgan fingerprint density at radius 1 is 0.269 bits per heavy atom. The summed E-state index contributed by atoms with van der Waals surface area (Å²) in [5.41, 5.74) is 0. The SMILES string of the molecule is CC/C=C\C/C=C\C/C=C\C/C=C\C/C=C\C/C=C\C/C=C\C/C=C\C/C=C\C/C=C\CCCCCCC(=O)OCC(COC(=O)CCCCCCCCCC)OC(=O)CCCCCCCCCCCCCCCCCCC. The molecule has 1 atom stereocenters. The third-order valence-electron chi connectivity index (χ3n) is 13.7. The van der Waals surface area contributed by atoms with E-state index >= 15 is 0 Å². The number of rotatable bonds is 58. The van der Waals surface area contributed by atoms with Crippen molar-refractivity contribution in [2.24, 2.45) is 0 Å². The first kappa shape index (κ1) is 73.8. The fourth-order valence-corrected chi connectivity index (χ4v) is 8.88. The molecule has 0 saturated heterocycles. The third kappa shape index (κ3) is 62.7. The lowest BCUT2D eigenvalue weighted by atomic mass is 10.0. The standard InChI is InChI=1S/C72H120O6/c1-4-7-10-13-16-19-21-23-25-27-28-29-30-31-32-33-34-35-36-37-38-39-40-41-42-43-44-46-47-49-51-53-56-59-62-65-71(74)77-68-69(67-76-70(73)64-61-58-55-18-15-12-9-6-3)78-72(75)66-63-60-57-54-52-50-48-45-26-24-22-20-17-14-11-8-5-2/h7,10,16,19,23,25,28-29,31-32,34-35,37-38,40-41,43-44,47,49,69H,4-6,8-9,11-15,17-18,20-22,24,26-27,30,33,36,39,42,45-46,48,50-68H2,1-3H3/b10-7-,19-16-,25-23-,29-28-,32-31-,35-34-,38-37-,41-40-,44-43-,49-47-. The summed E-state index contributed by atoms with van der Waals surface area (Å²) in [6.07, 6.45) is 90.8. The molecule has 0 rings (SSSR count). The first-order valence-corrected chi connectivity index (χ1v) is 32.5. The van der Waals surface area contributed by atoms with Gasteiger partial charge >= 0.3 is 17.9 Å². The highest BCUT2D eigenvalue weighted by Crippen LogP contribution is 2.16. The maximum absolute atomic E-state index is 12.9. The Labute approximate surface area is 482 Å². The molecule has 0 bridgehead atoms. The van der Waals surface area contributed by atoms with Crippen molar-refractivity contribution in [1.82, 2.24) is 0 Å². The topological polar surface area (TPSA) is 78.9 Å². The second-order valence-corrected chi connectivity index (χ2v) is 21.3. The zero-order valence-corrected chi connectivity index (χ0v) is 50.9. The Hall–Kier alpha value is -4.19. The molecular weight excluding hydrogens is 961 g/mol. The van der Waals surface area contributed by atoms with Crippen LogP contribution in [0.25, 0.3) is 0 Å². The maximum atomic E-state index is 12.9. The number of hydrogen-bond acceptors (Lipinski definition) is 6. The smallest absolute Gasteiger partial charge is 0.306 e. The van der Waals surface area contributed by atoms with Crippen LogP contribution in [-0.2, 0) is 28.6 Å². The molecule has 0 fully saturated rings. The van der Waals surface area contributed by atoms with Gasteiger partial charge in [-0.2, -0.15) is 0 Å². The molecule has 0 aliphatic rings. The van der Waals surface area contributed by atoms with Crippen molar-refractivity contribution in [2.45, 2.75) is 303 Å². The molecule has 0 aliphatic carbocycles. The normalized spacial score (nSPS) is 12.9. The first-order valence-electron chi connectivity index (χ1n) is 32.5. The van der Waals surface area contributed by atoms with Gasteiger partial charge in [-0.1, -0.05) is 303 Å². The van der Waals surface area contributed by atoms with Gasteiger partial charge in [0.25, 0.3) is 0 Å². The molecule has 1 unspecified atom stereocenters. The summed E-state index contributed by atoms with van der Waals surface area (Å²) in [6.45, 7) is 6.49. The molecule has 0 saturated carbocycles. The summed E-state index contributed by atoms with van der Waals surface area (Å²) >= 11 is 0. The van der Waals surface area contributed by atoms with Gasteiger partial charge in [-0.15, -0.1) is 0 Å². The average Bonchev–Trinajstić information content (AvgIpc) is 3.44. The lowest BCUT2D eigenvalue weighted by Gasteiger charge is -2.18. The van der Waals surface area contributed by atoms with Crippen LogP contribution in [0.3, 0.4) is 0 Å². The monoisotopic (exact) mass is 1080 g/mol. The summed E-state index contributed by atoms with van der Waals surface area (Å²) in [5, 5.41) is 0. The molecule has 0 spiro atoms. The second-order valence-electron chi connectivity index (χ2n) is 21.3. The average molecular weight is 1080 g/mol. The Balaban J connectivity index is 4.21. The van der Waals surface area contributed by atoms with Gasteiger partial charge in [0.1, 0.15) is 13.2 Å². The Bertz CT molecular complexity index is 1620. The maximum Gasteiger partial charge on any atom is 0.306 e. The predicted octanol–water partition coefficient (Wildman–Crippen LogP) is 22.4. The molecule has 0 aliphatic heterocycles. The molecule has 0 heterocycles. The summed E-state index contributed by atoms with van der Waals surface area (Å²) in [6, 6.07) is 0. The van der Waals surface area contributed by atoms with Gasteiger partial charge in [-0.3, -0.25) is 14.4 Å². The first-order chi connectivity index (χ1) is 38.5. The molecule has 78 heavy (non-hydrogen) atoms. The Kier molecular flexibility index (Phi) is 61.8. The summed E-state index contributed by atoms with van der Waals surface area (Å²) in [5.74, 6) is -0.908. The number of esters is 3. The highest BCUT2D eigenvalue weighted by atomic mass is 16.6. The number of allylic oxidation sites excluding steroid dienone is 20. The highest BCUT2D eigenvalue weighted by Gasteiger charge is 2.19. The molecule has 444 valence electrons. The van der Waals surface area contributed by atoms with Crippen molar-refractivity contribution in [2.75, 3.05) is 13.2 Å². The number of unbranched alkanes of at least 4 members (excludes halogenated alkanes) is 27. The van der Waals surface area contributed by atoms with Gasteiger partial charge in [0, 0.05) is 19.3 Å². The molecular formula is C72H120O6. The molecule has 0 aromatic heterocycles. The molecule has 0 N–H and O–H groups in total. The van der Waals surface area contributed by atoms with Crippen LogP contribution in [0.2, 0.25) is 0 Å². The van der Waals surface area contributed by atoms with E-state index in [9.17, 15) is 14.4 Å². The molecule has 0 aromatic carbocycles. The lowest BCUT2D eigenvalue weighted by Crippen LogP contribution is -2.30. The number of carbonyl (C=O) groups excluding carboxylic acids is 3. The van der Waals surface area contributed by atoms with E-state index in [0.717, 1.165) is 135 Å². The minimum atomic E-state index is -0.786. The van der Waals surface area contributed by atoms with Crippen molar-refractivity contribution in [3.8, 4) is 0 Å². The van der Waals surface area contributed by atoms with Crippen molar-refractivity contribution in [3.05, 3.63) is 122 Å². The van der Waals surface area contributed by atoms with E-state index in [0.29, 0.717) is 19.3 Å². The van der Waals surface area contributed by atoms with E-state index in [-0.39, 0.29) is 31.1 Å². The zero-order valence-electron chi connectivity index (χ0n) is 50.9. The van der Waals surface area contributed by atoms with E-state index in [2.05, 4.69) is 142 Å². The van der Waals surface area contributed by atoms with Crippen molar-refractivity contribution < 1.29 is 28.6 Å². The quantitative estimate of drug-likeness (QED) is 0.0261. The zero-order chi connectivity index (χ0) is 56.4. The van der Waals surface area contributed by atoms with E-state index in [1.165, 1.54) is 122 Å². The molecule has 0 amide bonds. The van der Waals surface area contributed by atoms with E-state index in [4.69, 9.17) is 14.2 Å².